The fourth-order valence-electron chi connectivity index (χ4n) is 2.84. The standard InChI is InChI=1S/C18H21F3N4O3S/c1-27-14-8-11(2-6-13(14)28-10-18(19,20)21)3-7-16(26)22-9-15-23-24-17(29)25(15)12-4-5-12/h2,6,8,12H,3-5,7,9-10H2,1H3,(H,22,26)(H,24,29). The predicted octanol–water partition coefficient (Wildman–Crippen LogP) is 3.47. The first-order valence-corrected chi connectivity index (χ1v) is 9.46. The Morgan fingerprint density at radius 2 is 2.14 bits per heavy atom. The normalized spacial score (nSPS) is 13.9. The summed E-state index contributed by atoms with van der Waals surface area (Å²) in [6.45, 7) is -1.12. The van der Waals surface area contributed by atoms with E-state index in [0.29, 0.717) is 23.1 Å². The summed E-state index contributed by atoms with van der Waals surface area (Å²) in [7, 11) is 1.35. The molecule has 1 aliphatic rings. The van der Waals surface area contributed by atoms with Crippen LogP contribution in [0.1, 0.15) is 36.7 Å². The first-order chi connectivity index (χ1) is 13.8. The van der Waals surface area contributed by atoms with Gasteiger partial charge in [0.05, 0.1) is 13.7 Å². The Morgan fingerprint density at radius 1 is 1.38 bits per heavy atom. The van der Waals surface area contributed by atoms with Crippen molar-refractivity contribution in [1.82, 2.24) is 20.1 Å². The molecule has 0 spiro atoms. The highest BCUT2D eigenvalue weighted by molar-refractivity contribution is 7.71. The van der Waals surface area contributed by atoms with Gasteiger partial charge in [0.2, 0.25) is 5.91 Å². The number of aromatic nitrogens is 3. The summed E-state index contributed by atoms with van der Waals surface area (Å²) in [5.74, 6) is 0.712. The number of aryl methyl sites for hydroxylation is 1. The minimum atomic E-state index is -4.43. The van der Waals surface area contributed by atoms with Crippen LogP contribution in [0.4, 0.5) is 13.2 Å². The molecule has 2 aromatic rings. The second-order valence-corrected chi connectivity index (χ2v) is 7.10. The van der Waals surface area contributed by atoms with Gasteiger partial charge in [0.1, 0.15) is 0 Å². The van der Waals surface area contributed by atoms with Crippen molar-refractivity contribution in [3.63, 3.8) is 0 Å². The Balaban J connectivity index is 1.51. The molecule has 0 unspecified atom stereocenters. The minimum absolute atomic E-state index is 0.000841. The third-order valence-corrected chi connectivity index (χ3v) is 4.68. The predicted molar refractivity (Wildman–Crippen MR) is 100 cm³/mol. The number of alkyl halides is 3. The Bertz CT molecular complexity index is 922. The van der Waals surface area contributed by atoms with E-state index in [-0.39, 0.29) is 30.4 Å². The number of carbonyl (C=O) groups excluding carboxylic acids is 1. The van der Waals surface area contributed by atoms with Crippen LogP contribution in [-0.2, 0) is 17.8 Å². The summed E-state index contributed by atoms with van der Waals surface area (Å²) < 4.78 is 49.3. The van der Waals surface area contributed by atoms with E-state index < -0.39 is 12.8 Å². The molecule has 1 heterocycles. The van der Waals surface area contributed by atoms with Crippen LogP contribution in [0.15, 0.2) is 18.2 Å². The molecule has 1 amide bonds. The van der Waals surface area contributed by atoms with Gasteiger partial charge in [-0.05, 0) is 49.2 Å². The van der Waals surface area contributed by atoms with Crippen LogP contribution in [-0.4, -0.2) is 40.6 Å². The van der Waals surface area contributed by atoms with Crippen LogP contribution >= 0.6 is 12.2 Å². The second kappa shape index (κ2) is 8.85. The van der Waals surface area contributed by atoms with Crippen LogP contribution in [0.5, 0.6) is 11.5 Å². The molecule has 2 N–H and O–H groups in total. The molecule has 3 rings (SSSR count). The van der Waals surface area contributed by atoms with Crippen LogP contribution in [0, 0.1) is 4.77 Å². The van der Waals surface area contributed by atoms with E-state index in [2.05, 4.69) is 15.5 Å². The molecule has 0 radical (unpaired) electrons. The average molecular weight is 430 g/mol. The molecule has 0 bridgehead atoms. The maximum atomic E-state index is 12.3. The van der Waals surface area contributed by atoms with E-state index in [4.69, 9.17) is 21.7 Å². The zero-order valence-corrected chi connectivity index (χ0v) is 16.5. The van der Waals surface area contributed by atoms with Crippen LogP contribution in [0.25, 0.3) is 0 Å². The highest BCUT2D eigenvalue weighted by Gasteiger charge is 2.29. The van der Waals surface area contributed by atoms with E-state index in [1.807, 2.05) is 4.57 Å². The number of nitrogens with one attached hydrogen (secondary N) is 2. The first kappa shape index (κ1) is 21.2. The van der Waals surface area contributed by atoms with Gasteiger partial charge in [-0.2, -0.15) is 18.3 Å². The van der Waals surface area contributed by atoms with Gasteiger partial charge in [0, 0.05) is 12.5 Å². The number of nitrogens with zero attached hydrogens (tertiary/aromatic N) is 2. The summed E-state index contributed by atoms with van der Waals surface area (Å²) >= 11 is 5.20. The zero-order chi connectivity index (χ0) is 21.0. The third-order valence-electron chi connectivity index (χ3n) is 4.39. The SMILES string of the molecule is COc1cc(CCC(=O)NCc2n[nH]c(=S)n2C2CC2)ccc1OCC(F)(F)F. The first-order valence-electron chi connectivity index (χ1n) is 9.06. The number of ether oxygens (including phenoxy) is 2. The quantitative estimate of drug-likeness (QED) is 0.596. The number of hydrogen-bond acceptors (Lipinski definition) is 5. The summed E-state index contributed by atoms with van der Waals surface area (Å²) in [5, 5.41) is 9.71. The lowest BCUT2D eigenvalue weighted by atomic mass is 10.1. The van der Waals surface area contributed by atoms with Gasteiger partial charge in [0.15, 0.2) is 28.7 Å². The van der Waals surface area contributed by atoms with E-state index in [1.165, 1.54) is 13.2 Å². The molecule has 1 aromatic heterocycles. The molecule has 0 saturated heterocycles. The van der Waals surface area contributed by atoms with Gasteiger partial charge in [-0.25, -0.2) is 0 Å². The maximum Gasteiger partial charge on any atom is 0.422 e. The fourth-order valence-corrected chi connectivity index (χ4v) is 3.14. The molecule has 0 atom stereocenters. The van der Waals surface area contributed by atoms with Gasteiger partial charge in [0.25, 0.3) is 0 Å². The lowest BCUT2D eigenvalue weighted by Crippen LogP contribution is -2.25. The number of aromatic amines is 1. The molecule has 1 aliphatic carbocycles. The Hall–Kier alpha value is -2.56. The molecule has 1 fully saturated rings. The second-order valence-electron chi connectivity index (χ2n) is 6.71. The van der Waals surface area contributed by atoms with Crippen LogP contribution < -0.4 is 14.8 Å². The van der Waals surface area contributed by atoms with Crippen molar-refractivity contribution in [2.75, 3.05) is 13.7 Å². The van der Waals surface area contributed by atoms with Crippen molar-refractivity contribution >= 4 is 18.1 Å². The van der Waals surface area contributed by atoms with Crippen LogP contribution in [0.3, 0.4) is 0 Å². The molecule has 1 saturated carbocycles. The smallest absolute Gasteiger partial charge is 0.422 e. The summed E-state index contributed by atoms with van der Waals surface area (Å²) in [4.78, 5) is 12.2. The number of H-pyrrole nitrogens is 1. The monoisotopic (exact) mass is 430 g/mol. The highest BCUT2D eigenvalue weighted by Crippen LogP contribution is 2.35. The van der Waals surface area contributed by atoms with E-state index in [1.54, 1.807) is 12.1 Å². The third kappa shape index (κ3) is 5.96. The number of rotatable bonds is 9. The van der Waals surface area contributed by atoms with E-state index in [0.717, 1.165) is 18.4 Å². The van der Waals surface area contributed by atoms with E-state index in [9.17, 15) is 18.0 Å². The number of carbonyl (C=O) groups is 1. The number of methoxy groups -OCH3 is 1. The van der Waals surface area contributed by atoms with Gasteiger partial charge in [-0.1, -0.05) is 6.07 Å². The van der Waals surface area contributed by atoms with Crippen molar-refractivity contribution < 1.29 is 27.4 Å². The Labute approximate surface area is 170 Å². The van der Waals surface area contributed by atoms with Gasteiger partial charge in [-0.3, -0.25) is 14.5 Å². The molecular formula is C18H21F3N4O3S. The average Bonchev–Trinajstić information content (AvgIpc) is 3.44. The Morgan fingerprint density at radius 3 is 2.79 bits per heavy atom. The maximum absolute atomic E-state index is 12.3. The van der Waals surface area contributed by atoms with Crippen molar-refractivity contribution in [2.24, 2.45) is 0 Å². The summed E-state index contributed by atoms with van der Waals surface area (Å²) in [6.07, 6.45) is -1.71. The van der Waals surface area contributed by atoms with E-state index >= 15 is 0 Å². The molecular weight excluding hydrogens is 409 g/mol. The fraction of sp³-hybridized carbons (Fsp3) is 0.500. The zero-order valence-electron chi connectivity index (χ0n) is 15.7. The number of hydrogen-bond donors (Lipinski definition) is 2. The van der Waals surface area contributed by atoms with Crippen LogP contribution in [0.2, 0.25) is 0 Å². The summed E-state index contributed by atoms with van der Waals surface area (Å²) in [5.41, 5.74) is 0.747. The molecule has 0 aliphatic heterocycles. The highest BCUT2D eigenvalue weighted by atomic mass is 32.1. The topological polar surface area (TPSA) is 81.2 Å². The largest absolute Gasteiger partial charge is 0.493 e. The van der Waals surface area contributed by atoms with Crippen molar-refractivity contribution in [3.8, 4) is 11.5 Å². The molecule has 7 nitrogen and oxygen atoms in total. The molecule has 158 valence electrons. The van der Waals surface area contributed by atoms with Gasteiger partial charge < -0.3 is 14.8 Å². The van der Waals surface area contributed by atoms with Gasteiger partial charge in [-0.15, -0.1) is 0 Å². The van der Waals surface area contributed by atoms with Crippen molar-refractivity contribution in [3.05, 3.63) is 34.4 Å². The lowest BCUT2D eigenvalue weighted by Gasteiger charge is -2.13. The van der Waals surface area contributed by atoms with Crippen molar-refractivity contribution in [2.45, 2.75) is 44.4 Å². The molecule has 29 heavy (non-hydrogen) atoms. The molecule has 1 aromatic carbocycles. The molecule has 11 heteroatoms. The Kier molecular flexibility index (Phi) is 6.46. The number of amides is 1. The summed E-state index contributed by atoms with van der Waals surface area (Å²) in [6, 6.07) is 4.95. The lowest BCUT2D eigenvalue weighted by molar-refractivity contribution is -0.153. The minimum Gasteiger partial charge on any atom is -0.493 e. The van der Waals surface area contributed by atoms with Gasteiger partial charge >= 0.3 is 6.18 Å². The number of halogens is 3. The number of benzene rings is 1. The van der Waals surface area contributed by atoms with Crippen molar-refractivity contribution in [1.29, 1.82) is 0 Å².